The summed E-state index contributed by atoms with van der Waals surface area (Å²) in [6.07, 6.45) is 9.33. The molecule has 0 aliphatic heterocycles. The maximum absolute atomic E-state index is 13.6. The number of nitrogens with zero attached hydrogens (tertiary/aromatic N) is 2. The Labute approximate surface area is 144 Å². The largest absolute Gasteiger partial charge is 0.349 e. The summed E-state index contributed by atoms with van der Waals surface area (Å²) >= 11 is 0. The first-order chi connectivity index (χ1) is 12.1. The van der Waals surface area contributed by atoms with Crippen molar-refractivity contribution in [2.45, 2.75) is 44.6 Å². The number of carbonyl (C=O) groups is 1. The third-order valence-corrected chi connectivity index (χ3v) is 4.30. The highest BCUT2D eigenvalue weighted by Gasteiger charge is 2.16. The molecule has 2 N–H and O–H groups in total. The predicted molar refractivity (Wildman–Crippen MR) is 90.6 cm³/mol. The van der Waals surface area contributed by atoms with E-state index in [0.717, 1.165) is 37.8 Å². The molecule has 1 aromatic carbocycles. The quantitative estimate of drug-likeness (QED) is 0.823. The number of benzene rings is 1. The van der Waals surface area contributed by atoms with Crippen molar-refractivity contribution < 1.29 is 13.6 Å². The number of amides is 1. The molecule has 5 nitrogen and oxygen atoms in total. The lowest BCUT2D eigenvalue weighted by molar-refractivity contribution is 0.0932. The highest BCUT2D eigenvalue weighted by atomic mass is 19.1. The summed E-state index contributed by atoms with van der Waals surface area (Å²) in [5.74, 6) is -1.68. The summed E-state index contributed by atoms with van der Waals surface area (Å²) < 4.78 is 27.2. The van der Waals surface area contributed by atoms with Crippen molar-refractivity contribution in [1.82, 2.24) is 15.3 Å². The molecule has 25 heavy (non-hydrogen) atoms. The number of aromatic nitrogens is 2. The number of halogens is 2. The predicted octanol–water partition coefficient (Wildman–Crippen LogP) is 3.95. The van der Waals surface area contributed by atoms with Crippen LogP contribution in [0.5, 0.6) is 0 Å². The molecule has 1 aromatic heterocycles. The van der Waals surface area contributed by atoms with Crippen molar-refractivity contribution in [2.75, 3.05) is 5.32 Å². The Hall–Kier alpha value is -2.57. The van der Waals surface area contributed by atoms with E-state index >= 15 is 0 Å². The molecule has 3 rings (SSSR count). The Balaban J connectivity index is 1.64. The summed E-state index contributed by atoms with van der Waals surface area (Å²) in [5.41, 5.74) is 0.00181. The van der Waals surface area contributed by atoms with E-state index in [1.165, 1.54) is 31.3 Å². The molecule has 1 aliphatic carbocycles. The van der Waals surface area contributed by atoms with E-state index in [2.05, 4.69) is 20.6 Å². The van der Waals surface area contributed by atoms with E-state index in [4.69, 9.17) is 0 Å². The second-order valence-electron chi connectivity index (χ2n) is 6.18. The van der Waals surface area contributed by atoms with Crippen molar-refractivity contribution in [2.24, 2.45) is 0 Å². The monoisotopic (exact) mass is 346 g/mol. The summed E-state index contributed by atoms with van der Waals surface area (Å²) in [6, 6.07) is 3.73. The van der Waals surface area contributed by atoms with Gasteiger partial charge in [0.1, 0.15) is 17.3 Å². The van der Waals surface area contributed by atoms with Crippen LogP contribution in [0, 0.1) is 11.6 Å². The van der Waals surface area contributed by atoms with Crippen molar-refractivity contribution in [3.8, 4) is 0 Å². The maximum atomic E-state index is 13.6. The second-order valence-corrected chi connectivity index (χ2v) is 6.18. The van der Waals surface area contributed by atoms with Crippen LogP contribution in [0.3, 0.4) is 0 Å². The van der Waals surface area contributed by atoms with Gasteiger partial charge in [0.25, 0.3) is 5.91 Å². The zero-order valence-electron chi connectivity index (χ0n) is 13.8. The van der Waals surface area contributed by atoms with Gasteiger partial charge in [0.15, 0.2) is 0 Å². The topological polar surface area (TPSA) is 66.9 Å². The van der Waals surface area contributed by atoms with E-state index in [0.29, 0.717) is 5.56 Å². The standard InChI is InChI=1S/C18H20F2N4O/c19-14-8-5-9-15(20)16(14)24-18-21-10-12(11-22-18)17(25)23-13-6-3-1-2-4-7-13/h5,8-11,13H,1-4,6-7H2,(H,23,25)(H,21,22,24). The van der Waals surface area contributed by atoms with Gasteiger partial charge in [-0.05, 0) is 25.0 Å². The van der Waals surface area contributed by atoms with E-state index in [1.54, 1.807) is 0 Å². The van der Waals surface area contributed by atoms with Crippen LogP contribution in [0.1, 0.15) is 48.9 Å². The molecule has 132 valence electrons. The minimum Gasteiger partial charge on any atom is -0.349 e. The van der Waals surface area contributed by atoms with Crippen molar-refractivity contribution >= 4 is 17.5 Å². The van der Waals surface area contributed by atoms with Crippen LogP contribution >= 0.6 is 0 Å². The van der Waals surface area contributed by atoms with Gasteiger partial charge in [0.2, 0.25) is 5.95 Å². The van der Waals surface area contributed by atoms with Crippen LogP contribution in [0.15, 0.2) is 30.6 Å². The fourth-order valence-electron chi connectivity index (χ4n) is 2.93. The van der Waals surface area contributed by atoms with Crippen molar-refractivity contribution in [1.29, 1.82) is 0 Å². The molecule has 2 aromatic rings. The Morgan fingerprint density at radius 1 is 1.00 bits per heavy atom. The zero-order chi connectivity index (χ0) is 17.6. The zero-order valence-corrected chi connectivity index (χ0v) is 13.8. The Bertz CT molecular complexity index is 708. The molecule has 1 fully saturated rings. The van der Waals surface area contributed by atoms with Crippen molar-refractivity contribution in [3.05, 3.63) is 47.8 Å². The van der Waals surface area contributed by atoms with Gasteiger partial charge >= 0.3 is 0 Å². The average Bonchev–Trinajstić information content (AvgIpc) is 2.87. The first kappa shape index (κ1) is 17.3. The fraction of sp³-hybridized carbons (Fsp3) is 0.389. The highest BCUT2D eigenvalue weighted by Crippen LogP contribution is 2.21. The lowest BCUT2D eigenvalue weighted by Crippen LogP contribution is -2.34. The molecule has 1 heterocycles. The lowest BCUT2D eigenvalue weighted by Gasteiger charge is -2.16. The molecule has 0 unspecified atom stereocenters. The minimum atomic E-state index is -0.737. The Morgan fingerprint density at radius 3 is 2.20 bits per heavy atom. The summed E-state index contributed by atoms with van der Waals surface area (Å²) in [7, 11) is 0. The van der Waals surface area contributed by atoms with Crippen LogP contribution in [0.25, 0.3) is 0 Å². The average molecular weight is 346 g/mol. The van der Waals surface area contributed by atoms with Crippen LogP contribution < -0.4 is 10.6 Å². The number of carbonyl (C=O) groups excluding carboxylic acids is 1. The Morgan fingerprint density at radius 2 is 1.60 bits per heavy atom. The summed E-state index contributed by atoms with van der Waals surface area (Å²) in [4.78, 5) is 20.2. The molecule has 1 aliphatic rings. The van der Waals surface area contributed by atoms with Gasteiger partial charge in [0, 0.05) is 18.4 Å². The van der Waals surface area contributed by atoms with Gasteiger partial charge in [-0.1, -0.05) is 31.7 Å². The highest BCUT2D eigenvalue weighted by molar-refractivity contribution is 5.93. The number of anilines is 2. The van der Waals surface area contributed by atoms with Gasteiger partial charge in [-0.25, -0.2) is 18.7 Å². The first-order valence-corrected chi connectivity index (χ1v) is 8.47. The third-order valence-electron chi connectivity index (χ3n) is 4.30. The molecule has 0 spiro atoms. The van der Waals surface area contributed by atoms with Crippen LogP contribution in [0.2, 0.25) is 0 Å². The number of hydrogen-bond donors (Lipinski definition) is 2. The number of para-hydroxylation sites is 1. The normalized spacial score (nSPS) is 15.4. The van der Waals surface area contributed by atoms with Gasteiger partial charge in [-0.2, -0.15) is 0 Å². The van der Waals surface area contributed by atoms with Gasteiger partial charge < -0.3 is 10.6 Å². The van der Waals surface area contributed by atoms with Crippen LogP contribution in [-0.2, 0) is 0 Å². The third kappa shape index (κ3) is 4.49. The molecular formula is C18H20F2N4O. The first-order valence-electron chi connectivity index (χ1n) is 8.47. The van der Waals surface area contributed by atoms with E-state index in [9.17, 15) is 13.6 Å². The summed E-state index contributed by atoms with van der Waals surface area (Å²) in [6.45, 7) is 0. The fourth-order valence-corrected chi connectivity index (χ4v) is 2.93. The number of nitrogens with one attached hydrogen (secondary N) is 2. The van der Waals surface area contributed by atoms with Gasteiger partial charge in [0.05, 0.1) is 5.56 Å². The molecule has 0 saturated heterocycles. The van der Waals surface area contributed by atoms with Crippen molar-refractivity contribution in [3.63, 3.8) is 0 Å². The van der Waals surface area contributed by atoms with Crippen LogP contribution in [0.4, 0.5) is 20.4 Å². The van der Waals surface area contributed by atoms with E-state index in [1.807, 2.05) is 0 Å². The van der Waals surface area contributed by atoms with Gasteiger partial charge in [-0.3, -0.25) is 4.79 Å². The minimum absolute atomic E-state index is 0.0232. The SMILES string of the molecule is O=C(NC1CCCCCC1)c1cnc(Nc2c(F)cccc2F)nc1. The molecular weight excluding hydrogens is 326 g/mol. The second kappa shape index (κ2) is 8.00. The Kier molecular flexibility index (Phi) is 5.53. The molecule has 1 amide bonds. The molecule has 7 heteroatoms. The van der Waals surface area contributed by atoms with Crippen LogP contribution in [-0.4, -0.2) is 21.9 Å². The molecule has 0 bridgehead atoms. The smallest absolute Gasteiger partial charge is 0.254 e. The molecule has 1 saturated carbocycles. The molecule has 0 atom stereocenters. The van der Waals surface area contributed by atoms with E-state index < -0.39 is 11.6 Å². The lowest BCUT2D eigenvalue weighted by atomic mass is 10.1. The van der Waals surface area contributed by atoms with Gasteiger partial charge in [-0.15, -0.1) is 0 Å². The number of hydrogen-bond acceptors (Lipinski definition) is 4. The molecule has 0 radical (unpaired) electrons. The number of rotatable bonds is 4. The maximum Gasteiger partial charge on any atom is 0.254 e. The summed E-state index contributed by atoms with van der Waals surface area (Å²) in [5, 5.41) is 5.50. The van der Waals surface area contributed by atoms with E-state index in [-0.39, 0.29) is 23.6 Å².